The van der Waals surface area contributed by atoms with E-state index in [0.717, 1.165) is 43.5 Å². The quantitative estimate of drug-likeness (QED) is 0.799. The predicted molar refractivity (Wildman–Crippen MR) is 103 cm³/mol. The van der Waals surface area contributed by atoms with Crippen LogP contribution < -0.4 is 5.32 Å². The van der Waals surface area contributed by atoms with Crippen LogP contribution in [0.5, 0.6) is 0 Å². The van der Waals surface area contributed by atoms with E-state index in [0.29, 0.717) is 17.5 Å². The van der Waals surface area contributed by atoms with Gasteiger partial charge in [0.05, 0.1) is 29.5 Å². The number of hydrogen-bond acceptors (Lipinski definition) is 5. The zero-order chi connectivity index (χ0) is 19.6. The number of anilines is 1. The van der Waals surface area contributed by atoms with E-state index < -0.39 is 0 Å². The number of rotatable bonds is 4. The Kier molecular flexibility index (Phi) is 5.69. The number of hydrogen-bond donors (Lipinski definition) is 2. The zero-order valence-corrected chi connectivity index (χ0v) is 16.7. The van der Waals surface area contributed by atoms with Crippen molar-refractivity contribution in [3.05, 3.63) is 29.3 Å². The summed E-state index contributed by atoms with van der Waals surface area (Å²) in [4.78, 5) is 12.5. The van der Waals surface area contributed by atoms with E-state index in [9.17, 15) is 9.90 Å². The van der Waals surface area contributed by atoms with Crippen molar-refractivity contribution < 1.29 is 14.4 Å². The molecule has 27 heavy (non-hydrogen) atoms. The number of nitrogens with one attached hydrogen (secondary N) is 1. The van der Waals surface area contributed by atoms with Gasteiger partial charge in [0.2, 0.25) is 5.91 Å². The van der Waals surface area contributed by atoms with Gasteiger partial charge in [-0.15, -0.1) is 0 Å². The average Bonchev–Trinajstić information content (AvgIpc) is 3.10. The Morgan fingerprint density at radius 2 is 2.07 bits per heavy atom. The van der Waals surface area contributed by atoms with Crippen LogP contribution in [0.2, 0.25) is 0 Å². The van der Waals surface area contributed by atoms with E-state index in [1.165, 1.54) is 0 Å². The van der Waals surface area contributed by atoms with Crippen molar-refractivity contribution >= 4 is 11.7 Å². The summed E-state index contributed by atoms with van der Waals surface area (Å²) >= 11 is 0. The van der Waals surface area contributed by atoms with E-state index in [2.05, 4.69) is 31.2 Å². The molecule has 1 saturated carbocycles. The van der Waals surface area contributed by atoms with Crippen LogP contribution in [0.25, 0.3) is 0 Å². The molecule has 1 fully saturated rings. The third kappa shape index (κ3) is 4.97. The lowest BCUT2D eigenvalue weighted by atomic mass is 9.97. The molecule has 2 heterocycles. The van der Waals surface area contributed by atoms with Crippen LogP contribution in [-0.4, -0.2) is 32.1 Å². The van der Waals surface area contributed by atoms with E-state index in [1.54, 1.807) is 6.07 Å². The van der Waals surface area contributed by atoms with Crippen LogP contribution in [0.1, 0.15) is 75.9 Å². The molecule has 0 spiro atoms. The number of nitrogens with zero attached hydrogens (tertiary/aromatic N) is 3. The van der Waals surface area contributed by atoms with E-state index in [4.69, 9.17) is 9.62 Å². The van der Waals surface area contributed by atoms with E-state index in [-0.39, 0.29) is 24.0 Å². The smallest absolute Gasteiger partial charge is 0.233 e. The minimum atomic E-state index is -0.256. The molecule has 1 aliphatic carbocycles. The molecule has 2 N–H and O–H groups in total. The van der Waals surface area contributed by atoms with Gasteiger partial charge in [0, 0.05) is 18.1 Å². The summed E-state index contributed by atoms with van der Waals surface area (Å²) in [5.74, 6) is 1.41. The van der Waals surface area contributed by atoms with Gasteiger partial charge in [0.25, 0.3) is 0 Å². The molecule has 2 unspecified atom stereocenters. The number of aliphatic hydroxyl groups excluding tert-OH is 1. The Bertz CT molecular complexity index is 787. The highest BCUT2D eigenvalue weighted by molar-refractivity contribution is 5.91. The maximum atomic E-state index is 12.5. The van der Waals surface area contributed by atoms with Gasteiger partial charge < -0.3 is 14.9 Å². The molecule has 1 amide bonds. The van der Waals surface area contributed by atoms with E-state index >= 15 is 0 Å². The molecule has 0 saturated heterocycles. The lowest BCUT2D eigenvalue weighted by Crippen LogP contribution is -2.27. The minimum absolute atomic E-state index is 0.140. The van der Waals surface area contributed by atoms with Crippen molar-refractivity contribution in [2.24, 2.45) is 0 Å². The Labute approximate surface area is 160 Å². The molecular formula is C20H30N4O3. The summed E-state index contributed by atoms with van der Waals surface area (Å²) in [6, 6.07) is 3.75. The summed E-state index contributed by atoms with van der Waals surface area (Å²) < 4.78 is 7.02. The zero-order valence-electron chi connectivity index (χ0n) is 16.7. The predicted octanol–water partition coefficient (Wildman–Crippen LogP) is 3.52. The highest BCUT2D eigenvalue weighted by Crippen LogP contribution is 2.33. The van der Waals surface area contributed by atoms with Crippen LogP contribution in [0.4, 0.5) is 5.82 Å². The first-order chi connectivity index (χ1) is 12.7. The van der Waals surface area contributed by atoms with Crippen LogP contribution in [-0.2, 0) is 16.8 Å². The van der Waals surface area contributed by atoms with Gasteiger partial charge in [-0.2, -0.15) is 5.10 Å². The molecule has 7 nitrogen and oxygen atoms in total. The topological polar surface area (TPSA) is 93.2 Å². The second kappa shape index (κ2) is 7.84. The van der Waals surface area contributed by atoms with Gasteiger partial charge in [0.1, 0.15) is 11.6 Å². The second-order valence-corrected chi connectivity index (χ2v) is 8.56. The summed E-state index contributed by atoms with van der Waals surface area (Å²) in [6.07, 6.45) is 4.54. The molecule has 0 aromatic carbocycles. The number of carbonyl (C=O) groups is 1. The fourth-order valence-electron chi connectivity index (χ4n) is 3.62. The summed E-state index contributed by atoms with van der Waals surface area (Å²) in [5.41, 5.74) is 1.49. The fourth-order valence-corrected chi connectivity index (χ4v) is 3.62. The molecular weight excluding hydrogens is 344 g/mol. The Balaban J connectivity index is 1.78. The molecule has 7 heteroatoms. The van der Waals surface area contributed by atoms with Crippen LogP contribution in [0.15, 0.2) is 16.7 Å². The van der Waals surface area contributed by atoms with Gasteiger partial charge >= 0.3 is 0 Å². The van der Waals surface area contributed by atoms with Crippen molar-refractivity contribution in [3.8, 4) is 0 Å². The monoisotopic (exact) mass is 374 g/mol. The lowest BCUT2D eigenvalue weighted by molar-refractivity contribution is -0.115. The summed E-state index contributed by atoms with van der Waals surface area (Å²) in [6.45, 7) is 8.03. The van der Waals surface area contributed by atoms with Crippen LogP contribution in [0, 0.1) is 6.92 Å². The van der Waals surface area contributed by atoms with E-state index in [1.807, 2.05) is 17.7 Å². The van der Waals surface area contributed by atoms with Crippen LogP contribution in [0.3, 0.4) is 0 Å². The molecule has 0 aliphatic heterocycles. The van der Waals surface area contributed by atoms with Crippen molar-refractivity contribution in [2.45, 2.75) is 83.8 Å². The maximum Gasteiger partial charge on any atom is 0.233 e. The first-order valence-electron chi connectivity index (χ1n) is 9.73. The van der Waals surface area contributed by atoms with Crippen molar-refractivity contribution in [3.63, 3.8) is 0 Å². The largest absolute Gasteiger partial charge is 0.393 e. The highest BCUT2D eigenvalue weighted by Gasteiger charge is 2.26. The number of aromatic nitrogens is 3. The highest BCUT2D eigenvalue weighted by atomic mass is 16.5. The first-order valence-corrected chi connectivity index (χ1v) is 9.73. The Hall–Kier alpha value is -2.15. The van der Waals surface area contributed by atoms with Gasteiger partial charge in [-0.05, 0) is 53.4 Å². The summed E-state index contributed by atoms with van der Waals surface area (Å²) in [5, 5.41) is 21.5. The number of carbonyl (C=O) groups excluding carboxylic acids is 1. The van der Waals surface area contributed by atoms with Crippen molar-refractivity contribution in [1.29, 1.82) is 0 Å². The normalized spacial score (nSPS) is 21.1. The third-order valence-corrected chi connectivity index (χ3v) is 5.00. The molecule has 148 valence electrons. The fraction of sp³-hybridized carbons (Fsp3) is 0.650. The molecule has 2 aromatic rings. The Morgan fingerprint density at radius 3 is 2.74 bits per heavy atom. The first kappa shape index (κ1) is 19.6. The SMILES string of the molecule is Cc1cc(CC(=O)Nc2cc(C3CCCC(O)CC3)nn2C(C)(C)C)on1. The summed E-state index contributed by atoms with van der Waals surface area (Å²) in [7, 11) is 0. The molecule has 0 radical (unpaired) electrons. The average molecular weight is 374 g/mol. The molecule has 2 atom stereocenters. The van der Waals surface area contributed by atoms with Gasteiger partial charge in [-0.1, -0.05) is 11.6 Å². The van der Waals surface area contributed by atoms with Gasteiger partial charge in [-0.25, -0.2) is 4.68 Å². The molecule has 0 bridgehead atoms. The maximum absolute atomic E-state index is 12.5. The number of aryl methyl sites for hydroxylation is 1. The van der Waals surface area contributed by atoms with Crippen molar-refractivity contribution in [1.82, 2.24) is 14.9 Å². The third-order valence-electron chi connectivity index (χ3n) is 5.00. The second-order valence-electron chi connectivity index (χ2n) is 8.56. The van der Waals surface area contributed by atoms with Crippen LogP contribution >= 0.6 is 0 Å². The molecule has 1 aliphatic rings. The van der Waals surface area contributed by atoms with Gasteiger partial charge in [-0.3, -0.25) is 4.79 Å². The molecule has 2 aromatic heterocycles. The van der Waals surface area contributed by atoms with Crippen molar-refractivity contribution in [2.75, 3.05) is 5.32 Å². The standard InChI is InChI=1S/C20H30N4O3/c1-13-10-16(27-23-13)11-19(26)21-18-12-17(22-24(18)20(2,3)4)14-6-5-7-15(25)9-8-14/h10,12,14-15,25H,5-9,11H2,1-4H3,(H,21,26). The van der Waals surface area contributed by atoms with Gasteiger partial charge in [0.15, 0.2) is 0 Å². The number of aliphatic hydroxyl groups is 1. The molecule has 3 rings (SSSR count). The number of amides is 1. The minimum Gasteiger partial charge on any atom is -0.393 e. The lowest BCUT2D eigenvalue weighted by Gasteiger charge is -2.22. The Morgan fingerprint density at radius 1 is 1.30 bits per heavy atom.